The van der Waals surface area contributed by atoms with Crippen LogP contribution in [0.3, 0.4) is 0 Å². The van der Waals surface area contributed by atoms with Gasteiger partial charge in [0.05, 0.1) is 24.6 Å². The highest BCUT2D eigenvalue weighted by Crippen LogP contribution is 2.67. The fourth-order valence-corrected chi connectivity index (χ4v) is 8.73. The van der Waals surface area contributed by atoms with E-state index in [0.29, 0.717) is 23.7 Å². The van der Waals surface area contributed by atoms with E-state index in [-0.39, 0.29) is 18.9 Å². The molecular formula is C40H53N4O7P. The van der Waals surface area contributed by atoms with Crippen molar-refractivity contribution in [3.05, 3.63) is 66.7 Å². The van der Waals surface area contributed by atoms with E-state index in [1.807, 2.05) is 76.2 Å². The second kappa shape index (κ2) is 14.2. The number of methoxy groups -OCH3 is 1. The minimum atomic E-state index is -2.83. The number of carbonyl (C=O) groups is 3. The minimum Gasteiger partial charge on any atom is -0.497 e. The zero-order valence-electron chi connectivity index (χ0n) is 32.0. The lowest BCUT2D eigenvalue weighted by atomic mass is 9.85. The van der Waals surface area contributed by atoms with Crippen LogP contribution in [0, 0.1) is 18.3 Å². The maximum Gasteiger partial charge on any atom is 0.408 e. The molecule has 280 valence electrons. The molecule has 0 spiro atoms. The fraction of sp³-hybridized carbons (Fsp3) is 0.500. The molecule has 2 N–H and O–H groups in total. The number of nitrogens with one attached hydrogen (secondary N) is 2. The largest absolute Gasteiger partial charge is 0.497 e. The Balaban J connectivity index is 1.53. The van der Waals surface area contributed by atoms with E-state index in [9.17, 15) is 18.9 Å². The van der Waals surface area contributed by atoms with Gasteiger partial charge in [0.25, 0.3) is 0 Å². The number of pyridine rings is 1. The molecule has 1 aliphatic heterocycles. The van der Waals surface area contributed by atoms with Gasteiger partial charge in [-0.1, -0.05) is 56.7 Å². The minimum absolute atomic E-state index is 0.0430. The van der Waals surface area contributed by atoms with Crippen molar-refractivity contribution >= 4 is 35.8 Å². The Morgan fingerprint density at radius 2 is 1.73 bits per heavy atom. The number of rotatable bonds is 10. The molecule has 1 saturated heterocycles. The molecule has 2 fully saturated rings. The first-order chi connectivity index (χ1) is 24.2. The molecule has 5 rings (SSSR count). The Kier molecular flexibility index (Phi) is 10.6. The summed E-state index contributed by atoms with van der Waals surface area (Å²) in [5.74, 6) is -0.0143. The van der Waals surface area contributed by atoms with Crippen LogP contribution in [0.25, 0.3) is 22.0 Å². The Labute approximate surface area is 307 Å². The van der Waals surface area contributed by atoms with Crippen molar-refractivity contribution in [2.45, 2.75) is 90.4 Å². The SMILES string of the molecule is C=CC1CC1(NC(=O)C1CC(Oc2nc(-c3ccc(C)cc3)cc3cc(OC)ccc23)CN1C(=O)C(NC(=O)OC(C)(C)C)C(C)(C)C)P(C)(C)=O. The van der Waals surface area contributed by atoms with Crippen LogP contribution < -0.4 is 20.1 Å². The standard InChI is InChI=1S/C40H53N4O7P/c1-12-27-22-40(27,52(10,11)48)43-34(45)32-21-29(23-44(32)36(46)33(38(3,4)5)42-37(47)51-39(6,7)8)50-35-30-18-17-28(49-9)19-26(30)20-31(41-35)25-15-13-24(2)14-16-25/h12-20,27,29,32-33H,1,21-23H2,2-11H3,(H,42,47)(H,43,45). The highest BCUT2D eigenvalue weighted by molar-refractivity contribution is 7.64. The van der Waals surface area contributed by atoms with Crippen LogP contribution in [0.15, 0.2) is 61.2 Å². The molecule has 0 bridgehead atoms. The van der Waals surface area contributed by atoms with Crippen LogP contribution in [0.5, 0.6) is 11.6 Å². The number of alkyl carbamates (subject to hydrolysis) is 1. The number of aryl methyl sites for hydroxylation is 1. The highest BCUT2D eigenvalue weighted by atomic mass is 31.2. The van der Waals surface area contributed by atoms with E-state index in [2.05, 4.69) is 17.2 Å². The maximum atomic E-state index is 14.6. The summed E-state index contributed by atoms with van der Waals surface area (Å²) in [5, 5.41) is 6.51. The number of benzene rings is 2. The topological polar surface area (TPSA) is 136 Å². The first-order valence-electron chi connectivity index (χ1n) is 17.7. The summed E-state index contributed by atoms with van der Waals surface area (Å²) in [6.45, 7) is 20.0. The summed E-state index contributed by atoms with van der Waals surface area (Å²) in [4.78, 5) is 48.3. The Morgan fingerprint density at radius 1 is 1.06 bits per heavy atom. The van der Waals surface area contributed by atoms with Crippen molar-refractivity contribution in [3.8, 4) is 22.9 Å². The molecule has 52 heavy (non-hydrogen) atoms. The third-order valence-electron chi connectivity index (χ3n) is 9.82. The summed E-state index contributed by atoms with van der Waals surface area (Å²) in [6, 6.07) is 13.6. The molecule has 1 saturated carbocycles. The monoisotopic (exact) mass is 732 g/mol. The summed E-state index contributed by atoms with van der Waals surface area (Å²) >= 11 is 0. The van der Waals surface area contributed by atoms with Crippen molar-refractivity contribution in [2.24, 2.45) is 11.3 Å². The number of likely N-dealkylation sites (tertiary alicyclic amines) is 1. The first-order valence-corrected chi connectivity index (χ1v) is 20.3. The van der Waals surface area contributed by atoms with E-state index < -0.39 is 59.5 Å². The van der Waals surface area contributed by atoms with Gasteiger partial charge in [-0.05, 0) is 82.5 Å². The molecule has 3 amide bonds. The molecule has 12 heteroatoms. The number of hydrogen-bond acceptors (Lipinski definition) is 8. The predicted molar refractivity (Wildman–Crippen MR) is 204 cm³/mol. The number of ether oxygens (including phenoxy) is 3. The zero-order valence-corrected chi connectivity index (χ0v) is 32.9. The summed E-state index contributed by atoms with van der Waals surface area (Å²) in [5.41, 5.74) is 1.18. The second-order valence-corrected chi connectivity index (χ2v) is 20.0. The van der Waals surface area contributed by atoms with Crippen molar-refractivity contribution in [1.82, 2.24) is 20.5 Å². The van der Waals surface area contributed by atoms with Gasteiger partial charge in [-0.25, -0.2) is 9.78 Å². The third kappa shape index (κ3) is 8.30. The lowest BCUT2D eigenvalue weighted by molar-refractivity contribution is -0.142. The molecule has 0 radical (unpaired) electrons. The maximum absolute atomic E-state index is 14.6. The normalized spacial score (nSPS) is 22.3. The smallest absolute Gasteiger partial charge is 0.408 e. The van der Waals surface area contributed by atoms with Crippen molar-refractivity contribution in [3.63, 3.8) is 0 Å². The molecule has 11 nitrogen and oxygen atoms in total. The fourth-order valence-electron chi connectivity index (χ4n) is 6.81. The molecule has 1 aromatic heterocycles. The lowest BCUT2D eigenvalue weighted by Crippen LogP contribution is -2.59. The molecule has 1 aliphatic carbocycles. The summed E-state index contributed by atoms with van der Waals surface area (Å²) in [7, 11) is -1.22. The van der Waals surface area contributed by atoms with E-state index in [4.69, 9.17) is 19.2 Å². The van der Waals surface area contributed by atoms with Crippen LogP contribution in [0.1, 0.15) is 59.9 Å². The molecule has 5 unspecified atom stereocenters. The third-order valence-corrected chi connectivity index (χ3v) is 12.4. The van der Waals surface area contributed by atoms with Gasteiger partial charge in [0.1, 0.15) is 36.7 Å². The van der Waals surface area contributed by atoms with Crippen LogP contribution in [-0.2, 0) is 18.9 Å². The lowest BCUT2D eigenvalue weighted by Gasteiger charge is -2.36. The van der Waals surface area contributed by atoms with Crippen LogP contribution in [0.4, 0.5) is 4.79 Å². The first kappa shape index (κ1) is 38.9. The Hall–Kier alpha value is -4.37. The van der Waals surface area contributed by atoms with E-state index >= 15 is 0 Å². The number of amides is 3. The van der Waals surface area contributed by atoms with Gasteiger partial charge in [-0.3, -0.25) is 9.59 Å². The number of aromatic nitrogens is 1. The number of hydrogen-bond donors (Lipinski definition) is 2. The van der Waals surface area contributed by atoms with E-state index in [1.165, 1.54) is 4.90 Å². The molecule has 2 aromatic carbocycles. The van der Waals surface area contributed by atoms with Crippen molar-refractivity contribution < 1.29 is 33.2 Å². The molecule has 3 aromatic rings. The average molecular weight is 733 g/mol. The number of nitrogens with zero attached hydrogens (tertiary/aromatic N) is 2. The summed E-state index contributed by atoms with van der Waals surface area (Å²) in [6.07, 6.45) is 0.978. The average Bonchev–Trinajstić information content (AvgIpc) is 3.62. The van der Waals surface area contributed by atoms with E-state index in [0.717, 1.165) is 21.9 Å². The van der Waals surface area contributed by atoms with Crippen LogP contribution >= 0.6 is 7.14 Å². The molecule has 2 heterocycles. The van der Waals surface area contributed by atoms with Gasteiger partial charge in [0.15, 0.2) is 0 Å². The number of carbonyl (C=O) groups excluding carboxylic acids is 3. The van der Waals surface area contributed by atoms with Gasteiger partial charge in [-0.15, -0.1) is 6.58 Å². The van der Waals surface area contributed by atoms with Crippen molar-refractivity contribution in [1.29, 1.82) is 0 Å². The predicted octanol–water partition coefficient (Wildman–Crippen LogP) is 7.15. The summed E-state index contributed by atoms with van der Waals surface area (Å²) < 4.78 is 31.2. The van der Waals surface area contributed by atoms with Gasteiger partial charge in [0, 0.05) is 23.3 Å². The molecular weight excluding hydrogens is 679 g/mol. The Morgan fingerprint density at radius 3 is 2.29 bits per heavy atom. The van der Waals surface area contributed by atoms with Crippen LogP contribution in [0.2, 0.25) is 0 Å². The number of fused-ring (bicyclic) bond motifs is 1. The second-order valence-electron chi connectivity index (χ2n) is 16.5. The highest BCUT2D eigenvalue weighted by Gasteiger charge is 2.62. The Bertz CT molecular complexity index is 1910. The van der Waals surface area contributed by atoms with Crippen molar-refractivity contribution in [2.75, 3.05) is 27.0 Å². The van der Waals surface area contributed by atoms with Gasteiger partial charge in [0.2, 0.25) is 17.7 Å². The molecule has 5 atom stereocenters. The van der Waals surface area contributed by atoms with Gasteiger partial charge in [-0.2, -0.15) is 0 Å². The van der Waals surface area contributed by atoms with Crippen LogP contribution in [-0.4, -0.2) is 83.8 Å². The van der Waals surface area contributed by atoms with Gasteiger partial charge >= 0.3 is 6.09 Å². The van der Waals surface area contributed by atoms with E-state index in [1.54, 1.807) is 47.3 Å². The zero-order chi connectivity index (χ0) is 38.4. The van der Waals surface area contributed by atoms with Gasteiger partial charge < -0.3 is 34.3 Å². The quantitative estimate of drug-likeness (QED) is 0.166. The molecule has 2 aliphatic rings.